The van der Waals surface area contributed by atoms with E-state index in [1.807, 2.05) is 45.0 Å². The van der Waals surface area contributed by atoms with Crippen molar-refractivity contribution in [2.24, 2.45) is 0 Å². The van der Waals surface area contributed by atoms with Crippen molar-refractivity contribution in [2.45, 2.75) is 40.0 Å². The van der Waals surface area contributed by atoms with Gasteiger partial charge in [-0.15, -0.1) is 0 Å². The molecule has 186 valence electrons. The van der Waals surface area contributed by atoms with Gasteiger partial charge in [0.05, 0.1) is 18.9 Å². The van der Waals surface area contributed by atoms with Gasteiger partial charge in [0.1, 0.15) is 6.54 Å². The Morgan fingerprint density at radius 3 is 2.29 bits per heavy atom. The Balaban J connectivity index is 1.68. The van der Waals surface area contributed by atoms with E-state index in [0.29, 0.717) is 42.6 Å². The molecule has 9 nitrogen and oxygen atoms in total. The molecular weight excluding hydrogens is 450 g/mol. The van der Waals surface area contributed by atoms with Gasteiger partial charge in [-0.05, 0) is 49.4 Å². The van der Waals surface area contributed by atoms with Crippen molar-refractivity contribution in [3.63, 3.8) is 0 Å². The lowest BCUT2D eigenvalue weighted by Gasteiger charge is -2.18. The lowest BCUT2D eigenvalue weighted by Crippen LogP contribution is -2.42. The molecule has 0 radical (unpaired) electrons. The quantitative estimate of drug-likeness (QED) is 0.369. The summed E-state index contributed by atoms with van der Waals surface area (Å²) in [6.45, 7) is 6.61. The number of ether oxygens (including phenoxy) is 2. The van der Waals surface area contributed by atoms with E-state index in [1.165, 1.54) is 12.1 Å². The first-order chi connectivity index (χ1) is 16.9. The van der Waals surface area contributed by atoms with E-state index >= 15 is 0 Å². The monoisotopic (exact) mass is 481 g/mol. The van der Waals surface area contributed by atoms with Crippen LogP contribution in [0.15, 0.2) is 42.5 Å². The van der Waals surface area contributed by atoms with Crippen LogP contribution in [0.2, 0.25) is 0 Å². The number of amides is 5. The summed E-state index contributed by atoms with van der Waals surface area (Å²) in [6, 6.07) is 11.6. The first kappa shape index (κ1) is 25.7. The van der Waals surface area contributed by atoms with Crippen LogP contribution in [0.4, 0.5) is 10.5 Å². The molecule has 5 amide bonds. The van der Waals surface area contributed by atoms with E-state index in [4.69, 9.17) is 9.47 Å². The van der Waals surface area contributed by atoms with Crippen LogP contribution in [-0.4, -0.2) is 55.0 Å². The summed E-state index contributed by atoms with van der Waals surface area (Å²) in [5.74, 6) is -1.74. The summed E-state index contributed by atoms with van der Waals surface area (Å²) in [5.41, 5.74) is 2.38. The molecule has 2 aromatic carbocycles. The highest BCUT2D eigenvalue weighted by atomic mass is 16.5. The van der Waals surface area contributed by atoms with E-state index in [0.717, 1.165) is 28.9 Å². The molecule has 0 aromatic heterocycles. The molecule has 0 spiro atoms. The average Bonchev–Trinajstić information content (AvgIpc) is 3.05. The van der Waals surface area contributed by atoms with Crippen molar-refractivity contribution in [3.8, 4) is 11.5 Å². The number of hydrogen-bond acceptors (Lipinski definition) is 6. The molecule has 1 fully saturated rings. The third kappa shape index (κ3) is 6.17. The predicted molar refractivity (Wildman–Crippen MR) is 131 cm³/mol. The topological polar surface area (TPSA) is 105 Å². The molecule has 9 heteroatoms. The van der Waals surface area contributed by atoms with Gasteiger partial charge in [-0.25, -0.2) is 14.6 Å². The van der Waals surface area contributed by atoms with Gasteiger partial charge < -0.3 is 14.8 Å². The summed E-state index contributed by atoms with van der Waals surface area (Å²) >= 11 is 0. The molecule has 0 atom stereocenters. The van der Waals surface area contributed by atoms with Gasteiger partial charge in [0.2, 0.25) is 5.91 Å². The fourth-order valence-corrected chi connectivity index (χ4v) is 3.59. The highest BCUT2D eigenvalue weighted by Gasteiger charge is 2.46. The Morgan fingerprint density at radius 1 is 0.914 bits per heavy atom. The van der Waals surface area contributed by atoms with Crippen LogP contribution in [0.1, 0.15) is 37.8 Å². The lowest BCUT2D eigenvalue weighted by atomic mass is 10.1. The van der Waals surface area contributed by atoms with E-state index in [9.17, 15) is 19.2 Å². The number of imide groups is 2. The number of rotatable bonds is 12. The van der Waals surface area contributed by atoms with Gasteiger partial charge in [-0.3, -0.25) is 14.4 Å². The molecule has 3 rings (SSSR count). The van der Waals surface area contributed by atoms with Crippen LogP contribution in [0.3, 0.4) is 0 Å². The van der Waals surface area contributed by atoms with Crippen LogP contribution in [-0.2, 0) is 20.8 Å². The van der Waals surface area contributed by atoms with Gasteiger partial charge in [0.25, 0.3) is 0 Å². The number of urea groups is 1. The second-order valence-electron chi connectivity index (χ2n) is 8.17. The van der Waals surface area contributed by atoms with Gasteiger partial charge in [0, 0.05) is 12.6 Å². The van der Waals surface area contributed by atoms with Crippen molar-refractivity contribution in [3.05, 3.63) is 53.6 Å². The molecular formula is C26H31N3O6. The van der Waals surface area contributed by atoms with Gasteiger partial charge >= 0.3 is 17.8 Å². The number of hydrogen-bond donors (Lipinski definition) is 1. The van der Waals surface area contributed by atoms with Gasteiger partial charge in [-0.1, -0.05) is 38.1 Å². The average molecular weight is 482 g/mol. The Hall–Kier alpha value is -3.88. The molecule has 1 saturated heterocycles. The van der Waals surface area contributed by atoms with E-state index in [-0.39, 0.29) is 5.69 Å². The first-order valence-electron chi connectivity index (χ1n) is 11.8. The van der Waals surface area contributed by atoms with Crippen LogP contribution in [0, 0.1) is 6.92 Å². The lowest BCUT2D eigenvalue weighted by molar-refractivity contribution is -0.140. The van der Waals surface area contributed by atoms with Crippen LogP contribution in [0.25, 0.3) is 0 Å². The third-order valence-electron chi connectivity index (χ3n) is 5.44. The second-order valence-corrected chi connectivity index (χ2v) is 8.17. The molecule has 1 heterocycles. The normalized spacial score (nSPS) is 13.4. The molecule has 35 heavy (non-hydrogen) atoms. The van der Waals surface area contributed by atoms with Crippen LogP contribution < -0.4 is 19.7 Å². The Labute approximate surface area is 205 Å². The highest BCUT2D eigenvalue weighted by Crippen LogP contribution is 2.34. The molecule has 0 aliphatic carbocycles. The maximum absolute atomic E-state index is 12.9. The number of carbonyl (C=O) groups excluding carboxylic acids is 4. The van der Waals surface area contributed by atoms with Crippen molar-refractivity contribution >= 4 is 29.4 Å². The zero-order chi connectivity index (χ0) is 25.4. The minimum atomic E-state index is -1.05. The number of aryl methyl sites for hydroxylation is 1. The Morgan fingerprint density at radius 2 is 1.60 bits per heavy atom. The number of carbonyl (C=O) groups is 4. The largest absolute Gasteiger partial charge is 0.490 e. The van der Waals surface area contributed by atoms with Crippen LogP contribution in [0.5, 0.6) is 11.5 Å². The fourth-order valence-electron chi connectivity index (χ4n) is 3.59. The summed E-state index contributed by atoms with van der Waals surface area (Å²) in [7, 11) is 0. The molecule has 1 N–H and O–H groups in total. The second kappa shape index (κ2) is 12.0. The summed E-state index contributed by atoms with van der Waals surface area (Å²) in [5, 5.41) is 2.70. The van der Waals surface area contributed by atoms with E-state index in [2.05, 4.69) is 5.32 Å². The Bertz CT molecular complexity index is 1100. The van der Waals surface area contributed by atoms with E-state index in [1.54, 1.807) is 6.07 Å². The molecule has 1 aliphatic heterocycles. The predicted octanol–water partition coefficient (Wildman–Crippen LogP) is 3.23. The number of nitrogens with zero attached hydrogens (tertiary/aromatic N) is 2. The number of nitrogens with one attached hydrogen (secondary N) is 1. The van der Waals surface area contributed by atoms with Crippen molar-refractivity contribution < 1.29 is 28.7 Å². The summed E-state index contributed by atoms with van der Waals surface area (Å²) in [6.07, 6.45) is 2.16. The number of benzene rings is 2. The molecule has 1 aliphatic rings. The SMILES string of the molecule is CCCOc1ccc(N2C(=O)C(=O)N(CC(=O)NCCc3ccccc3C)C2=O)cc1OCCC. The van der Waals surface area contributed by atoms with Crippen molar-refractivity contribution in [1.82, 2.24) is 10.2 Å². The maximum atomic E-state index is 12.9. The van der Waals surface area contributed by atoms with Crippen LogP contribution >= 0.6 is 0 Å². The fraction of sp³-hybridized carbons (Fsp3) is 0.385. The first-order valence-corrected chi connectivity index (χ1v) is 11.8. The Kier molecular flexibility index (Phi) is 8.83. The van der Waals surface area contributed by atoms with E-state index < -0.39 is 30.3 Å². The minimum absolute atomic E-state index is 0.172. The summed E-state index contributed by atoms with van der Waals surface area (Å²) in [4.78, 5) is 51.9. The highest BCUT2D eigenvalue weighted by molar-refractivity contribution is 6.53. The zero-order valence-electron chi connectivity index (χ0n) is 20.3. The summed E-state index contributed by atoms with van der Waals surface area (Å²) < 4.78 is 11.4. The smallest absolute Gasteiger partial charge is 0.339 e. The molecule has 2 aromatic rings. The molecule has 0 unspecified atom stereocenters. The zero-order valence-corrected chi connectivity index (χ0v) is 20.3. The molecule has 0 bridgehead atoms. The molecule has 0 saturated carbocycles. The van der Waals surface area contributed by atoms with Crippen molar-refractivity contribution in [1.29, 1.82) is 0 Å². The standard InChI is InChI=1S/C26H31N3O6/c1-4-14-34-21-11-10-20(16-22(21)35-15-5-2)29-25(32)24(31)28(26(29)33)17-23(30)27-13-12-19-9-7-6-8-18(19)3/h6-11,16H,4-5,12-15,17H2,1-3H3,(H,27,30). The minimum Gasteiger partial charge on any atom is -0.490 e. The maximum Gasteiger partial charge on any atom is 0.339 e. The third-order valence-corrected chi connectivity index (χ3v) is 5.44. The number of anilines is 1. The van der Waals surface area contributed by atoms with Crippen molar-refractivity contribution in [2.75, 3.05) is 31.2 Å². The van der Waals surface area contributed by atoms with Gasteiger partial charge in [-0.2, -0.15) is 0 Å². The van der Waals surface area contributed by atoms with Gasteiger partial charge in [0.15, 0.2) is 11.5 Å².